The minimum atomic E-state index is -0.0269. The van der Waals surface area contributed by atoms with Gasteiger partial charge >= 0.3 is 0 Å². The fourth-order valence-electron chi connectivity index (χ4n) is 3.16. The minimum Gasteiger partial charge on any atom is -0.370 e. The van der Waals surface area contributed by atoms with E-state index in [9.17, 15) is 0 Å². The van der Waals surface area contributed by atoms with Gasteiger partial charge in [0.2, 0.25) is 0 Å². The Labute approximate surface area is 148 Å². The third-order valence-corrected chi connectivity index (χ3v) is 4.95. The van der Waals surface area contributed by atoms with E-state index < -0.39 is 0 Å². The Morgan fingerprint density at radius 2 is 2.20 bits per heavy atom. The van der Waals surface area contributed by atoms with E-state index in [1.165, 1.54) is 0 Å². The van der Waals surface area contributed by atoms with Crippen molar-refractivity contribution in [1.82, 2.24) is 29.4 Å². The lowest BCUT2D eigenvalue weighted by Crippen LogP contribution is -2.00. The Morgan fingerprint density at radius 3 is 3.00 bits per heavy atom. The third-order valence-electron chi connectivity index (χ3n) is 4.54. The monoisotopic (exact) mass is 354 g/mol. The van der Waals surface area contributed by atoms with Gasteiger partial charge in [-0.15, -0.1) is 5.10 Å². The quantitative estimate of drug-likeness (QED) is 0.552. The van der Waals surface area contributed by atoms with Crippen LogP contribution in [0.25, 0.3) is 22.4 Å². The molecule has 1 aromatic carbocycles. The Bertz CT molecular complexity index is 1100. The smallest absolute Gasteiger partial charge is 0.180 e. The van der Waals surface area contributed by atoms with Crippen LogP contribution in [0.5, 0.6) is 0 Å². The van der Waals surface area contributed by atoms with E-state index in [4.69, 9.17) is 16.3 Å². The predicted octanol–water partition coefficient (Wildman–Crippen LogP) is 3.28. The van der Waals surface area contributed by atoms with E-state index in [2.05, 4.69) is 20.2 Å². The number of ether oxygens (including phenoxy) is 1. The minimum absolute atomic E-state index is 0.0269. The van der Waals surface area contributed by atoms with Crippen molar-refractivity contribution in [1.29, 1.82) is 0 Å². The number of hydrogen-bond acceptors (Lipinski definition) is 5. The molecule has 1 fully saturated rings. The molecule has 4 aromatic rings. The lowest BCUT2D eigenvalue weighted by molar-refractivity contribution is 0.105. The van der Waals surface area contributed by atoms with Gasteiger partial charge in [0.1, 0.15) is 12.4 Å². The standard InChI is InChI=1S/C17H15ClN6O/c1-10-4-5-11(7-13(10)18)24-16-12(8-20-24)17-21-15(14-3-2-6-25-14)22-23(17)9-19-16/h4-5,7-9,14H,2-3,6H2,1H3/t14-/m1/s1. The topological polar surface area (TPSA) is 70.1 Å². The molecule has 5 rings (SSSR count). The van der Waals surface area contributed by atoms with Gasteiger partial charge in [0, 0.05) is 11.6 Å². The van der Waals surface area contributed by atoms with Crippen LogP contribution in [0.4, 0.5) is 0 Å². The van der Waals surface area contributed by atoms with Crippen molar-refractivity contribution in [3.63, 3.8) is 0 Å². The van der Waals surface area contributed by atoms with Crippen molar-refractivity contribution in [3.05, 3.63) is 47.1 Å². The number of aromatic nitrogens is 6. The summed E-state index contributed by atoms with van der Waals surface area (Å²) in [4.78, 5) is 9.18. The molecule has 0 radical (unpaired) electrons. The van der Waals surface area contributed by atoms with Gasteiger partial charge < -0.3 is 4.74 Å². The van der Waals surface area contributed by atoms with E-state index in [1.54, 1.807) is 21.7 Å². The van der Waals surface area contributed by atoms with Crippen LogP contribution in [0, 0.1) is 6.92 Å². The summed E-state index contributed by atoms with van der Waals surface area (Å²) in [5.74, 6) is 0.706. The maximum atomic E-state index is 6.25. The normalized spacial score (nSPS) is 17.8. The molecule has 0 amide bonds. The van der Waals surface area contributed by atoms with Crippen molar-refractivity contribution < 1.29 is 4.74 Å². The van der Waals surface area contributed by atoms with Gasteiger partial charge in [-0.3, -0.25) is 0 Å². The molecular weight excluding hydrogens is 340 g/mol. The van der Waals surface area contributed by atoms with Crippen LogP contribution in [0.3, 0.4) is 0 Å². The van der Waals surface area contributed by atoms with Crippen LogP contribution < -0.4 is 0 Å². The summed E-state index contributed by atoms with van der Waals surface area (Å²) in [5.41, 5.74) is 3.34. The van der Waals surface area contributed by atoms with Crippen molar-refractivity contribution in [2.45, 2.75) is 25.9 Å². The number of fused-ring (bicyclic) bond motifs is 3. The van der Waals surface area contributed by atoms with Crippen molar-refractivity contribution in [2.24, 2.45) is 0 Å². The molecule has 1 aliphatic heterocycles. The second-order valence-corrected chi connectivity index (χ2v) is 6.62. The van der Waals surface area contributed by atoms with Crippen LogP contribution in [0.2, 0.25) is 5.02 Å². The molecule has 8 heteroatoms. The highest BCUT2D eigenvalue weighted by Crippen LogP contribution is 2.28. The summed E-state index contributed by atoms with van der Waals surface area (Å²) >= 11 is 6.25. The second kappa shape index (κ2) is 5.50. The fourth-order valence-corrected chi connectivity index (χ4v) is 3.33. The van der Waals surface area contributed by atoms with Crippen LogP contribution in [0.15, 0.2) is 30.7 Å². The SMILES string of the molecule is Cc1ccc(-n2ncc3c2ncn2nc([C@H]4CCCO4)nc32)cc1Cl. The lowest BCUT2D eigenvalue weighted by atomic mass is 10.2. The molecule has 0 aliphatic carbocycles. The number of halogens is 1. The van der Waals surface area contributed by atoms with Crippen LogP contribution >= 0.6 is 11.6 Å². The van der Waals surface area contributed by atoms with Crippen molar-refractivity contribution >= 4 is 28.3 Å². The zero-order chi connectivity index (χ0) is 17.0. The van der Waals surface area contributed by atoms with E-state index in [0.29, 0.717) is 10.8 Å². The Morgan fingerprint density at radius 1 is 1.28 bits per heavy atom. The highest BCUT2D eigenvalue weighted by Gasteiger charge is 2.23. The Balaban J connectivity index is 1.67. The van der Waals surface area contributed by atoms with Gasteiger partial charge in [-0.25, -0.2) is 19.2 Å². The van der Waals surface area contributed by atoms with E-state index in [1.807, 2.05) is 25.1 Å². The molecule has 1 aliphatic rings. The van der Waals surface area contributed by atoms with Gasteiger partial charge in [-0.05, 0) is 37.5 Å². The number of aryl methyl sites for hydroxylation is 1. The van der Waals surface area contributed by atoms with Crippen LogP contribution in [-0.2, 0) is 4.74 Å². The van der Waals surface area contributed by atoms with Crippen LogP contribution in [-0.4, -0.2) is 36.0 Å². The van der Waals surface area contributed by atoms with Crippen molar-refractivity contribution in [2.75, 3.05) is 6.61 Å². The molecule has 0 spiro atoms. The summed E-state index contributed by atoms with van der Waals surface area (Å²) in [6, 6.07) is 5.83. The fraction of sp³-hybridized carbons (Fsp3) is 0.294. The summed E-state index contributed by atoms with van der Waals surface area (Å²) in [5, 5.41) is 10.5. The van der Waals surface area contributed by atoms with E-state index in [-0.39, 0.29) is 6.10 Å². The zero-order valence-electron chi connectivity index (χ0n) is 13.6. The predicted molar refractivity (Wildman–Crippen MR) is 93.1 cm³/mol. The number of hydrogen-bond donors (Lipinski definition) is 0. The molecule has 1 atom stereocenters. The zero-order valence-corrected chi connectivity index (χ0v) is 14.3. The molecular formula is C17H15ClN6O. The van der Waals surface area contributed by atoms with Gasteiger partial charge in [0.05, 0.1) is 17.3 Å². The second-order valence-electron chi connectivity index (χ2n) is 6.21. The molecule has 0 saturated carbocycles. The van der Waals surface area contributed by atoms with Crippen LogP contribution in [0.1, 0.15) is 30.3 Å². The molecule has 126 valence electrons. The molecule has 3 aromatic heterocycles. The van der Waals surface area contributed by atoms with Crippen molar-refractivity contribution in [3.8, 4) is 5.69 Å². The Hall–Kier alpha value is -2.51. The maximum Gasteiger partial charge on any atom is 0.180 e. The first-order valence-corrected chi connectivity index (χ1v) is 8.55. The number of rotatable bonds is 2. The van der Waals surface area contributed by atoms with Gasteiger partial charge in [0.15, 0.2) is 17.1 Å². The average Bonchev–Trinajstić information content (AvgIpc) is 3.34. The molecule has 0 unspecified atom stereocenters. The lowest BCUT2D eigenvalue weighted by Gasteiger charge is -2.05. The molecule has 7 nitrogen and oxygen atoms in total. The molecule has 1 saturated heterocycles. The molecule has 25 heavy (non-hydrogen) atoms. The summed E-state index contributed by atoms with van der Waals surface area (Å²) in [7, 11) is 0. The van der Waals surface area contributed by atoms with Gasteiger partial charge in [-0.2, -0.15) is 5.10 Å². The highest BCUT2D eigenvalue weighted by atomic mass is 35.5. The highest BCUT2D eigenvalue weighted by molar-refractivity contribution is 6.31. The number of nitrogens with zero attached hydrogens (tertiary/aromatic N) is 6. The third kappa shape index (κ3) is 2.31. The average molecular weight is 355 g/mol. The molecule has 4 heterocycles. The number of benzene rings is 1. The first-order chi connectivity index (χ1) is 12.2. The largest absolute Gasteiger partial charge is 0.370 e. The molecule has 0 bridgehead atoms. The first-order valence-electron chi connectivity index (χ1n) is 8.18. The summed E-state index contributed by atoms with van der Waals surface area (Å²) < 4.78 is 9.14. The van der Waals surface area contributed by atoms with Gasteiger partial charge in [0.25, 0.3) is 0 Å². The van der Waals surface area contributed by atoms with E-state index in [0.717, 1.165) is 47.4 Å². The summed E-state index contributed by atoms with van der Waals surface area (Å²) in [6.45, 7) is 2.73. The first kappa shape index (κ1) is 14.8. The van der Waals surface area contributed by atoms with Gasteiger partial charge in [-0.1, -0.05) is 17.7 Å². The maximum absolute atomic E-state index is 6.25. The summed E-state index contributed by atoms with van der Waals surface area (Å²) in [6.07, 6.45) is 5.39. The Kier molecular flexibility index (Phi) is 3.26. The molecule has 0 N–H and O–H groups in total. The van der Waals surface area contributed by atoms with E-state index >= 15 is 0 Å².